The van der Waals surface area contributed by atoms with Gasteiger partial charge >= 0.3 is 0 Å². The summed E-state index contributed by atoms with van der Waals surface area (Å²) in [6.45, 7) is 1.93. The van der Waals surface area contributed by atoms with Gasteiger partial charge in [-0.25, -0.2) is 0 Å². The molecule has 0 saturated heterocycles. The van der Waals surface area contributed by atoms with Crippen molar-refractivity contribution >= 4 is 24.2 Å². The van der Waals surface area contributed by atoms with Gasteiger partial charge in [0.05, 0.1) is 11.7 Å². The second-order valence-electron chi connectivity index (χ2n) is 2.46. The Hall–Kier alpha value is -1.32. The summed E-state index contributed by atoms with van der Waals surface area (Å²) >= 11 is 0. The zero-order chi connectivity index (χ0) is 7.84. The lowest BCUT2D eigenvalue weighted by Gasteiger charge is -1.96. The summed E-state index contributed by atoms with van der Waals surface area (Å²) in [5.74, 6) is 0. The van der Waals surface area contributed by atoms with E-state index in [4.69, 9.17) is 7.85 Å². The third-order valence-corrected chi connectivity index (χ3v) is 1.72. The average molecular weight is 143 g/mol. The third kappa shape index (κ3) is 0.825. The van der Waals surface area contributed by atoms with Crippen molar-refractivity contribution < 1.29 is 0 Å². The molecule has 1 N–H and O–H groups in total. The van der Waals surface area contributed by atoms with Crippen LogP contribution in [0.25, 0.3) is 10.9 Å². The van der Waals surface area contributed by atoms with Crippen LogP contribution in [0.4, 0.5) is 0 Å². The summed E-state index contributed by atoms with van der Waals surface area (Å²) in [7, 11) is 5.64. The molecule has 0 atom stereocenters. The summed E-state index contributed by atoms with van der Waals surface area (Å²) in [4.78, 5) is 4.09. The maximum absolute atomic E-state index is 5.64. The first-order valence-corrected chi connectivity index (χ1v) is 3.33. The van der Waals surface area contributed by atoms with Gasteiger partial charge in [-0.1, -0.05) is 5.46 Å². The maximum Gasteiger partial charge on any atom is 0.119 e. The van der Waals surface area contributed by atoms with Crippen molar-refractivity contribution in [3.05, 3.63) is 18.1 Å². The van der Waals surface area contributed by atoms with Crippen LogP contribution >= 0.6 is 0 Å². The normalized spacial score (nSPS) is 10.6. The molecule has 0 spiro atoms. The Bertz CT molecular complexity index is 357. The Morgan fingerprint density at radius 2 is 2.27 bits per heavy atom. The average Bonchev–Trinajstić information content (AvgIpc) is 2.45. The molecule has 52 valence electrons. The molecule has 0 saturated carbocycles. The molecule has 0 amide bonds. The fourth-order valence-corrected chi connectivity index (χ4v) is 1.08. The molecule has 0 aliphatic carbocycles. The van der Waals surface area contributed by atoms with Gasteiger partial charge in [0.1, 0.15) is 7.85 Å². The fourth-order valence-electron chi connectivity index (χ4n) is 1.08. The van der Waals surface area contributed by atoms with Crippen molar-refractivity contribution in [2.45, 2.75) is 6.92 Å². The lowest BCUT2D eigenvalue weighted by Crippen LogP contribution is -2.05. The van der Waals surface area contributed by atoms with E-state index in [2.05, 4.69) is 15.2 Å². The van der Waals surface area contributed by atoms with Crippen LogP contribution in [0.3, 0.4) is 0 Å². The highest BCUT2D eigenvalue weighted by molar-refractivity contribution is 6.37. The third-order valence-electron chi connectivity index (χ3n) is 1.72. The molecule has 2 aromatic heterocycles. The SMILES string of the molecule is [B]c1cnc(C)c2cn[nH]c12. The standard InChI is InChI=1S/C7H6BN3/c1-4-5-2-10-11-7(5)6(8)3-9-4/h2-3H,1H3,(H,10,11). The molecule has 0 fully saturated rings. The number of nitrogens with zero attached hydrogens (tertiary/aromatic N) is 2. The van der Waals surface area contributed by atoms with Crippen LogP contribution in [0.15, 0.2) is 12.4 Å². The molecule has 2 rings (SSSR count). The van der Waals surface area contributed by atoms with E-state index in [1.54, 1.807) is 12.4 Å². The molecule has 0 bridgehead atoms. The van der Waals surface area contributed by atoms with Crippen LogP contribution in [0.1, 0.15) is 5.69 Å². The first-order chi connectivity index (χ1) is 5.29. The molecule has 0 aliphatic heterocycles. The minimum absolute atomic E-state index is 0.642. The van der Waals surface area contributed by atoms with Gasteiger partial charge in [-0.3, -0.25) is 10.1 Å². The smallest absolute Gasteiger partial charge is 0.119 e. The second-order valence-corrected chi connectivity index (χ2v) is 2.46. The Kier molecular flexibility index (Phi) is 1.21. The van der Waals surface area contributed by atoms with Crippen molar-refractivity contribution in [3.63, 3.8) is 0 Å². The summed E-state index contributed by atoms with van der Waals surface area (Å²) < 4.78 is 0. The van der Waals surface area contributed by atoms with Crippen molar-refractivity contribution in [1.29, 1.82) is 0 Å². The van der Waals surface area contributed by atoms with Crippen LogP contribution in [0.2, 0.25) is 0 Å². The van der Waals surface area contributed by atoms with Crippen molar-refractivity contribution in [1.82, 2.24) is 15.2 Å². The van der Waals surface area contributed by atoms with Crippen LogP contribution < -0.4 is 5.46 Å². The molecule has 2 heterocycles. The molecule has 0 unspecified atom stereocenters. The summed E-state index contributed by atoms with van der Waals surface area (Å²) in [6, 6.07) is 0. The minimum atomic E-state index is 0.642. The topological polar surface area (TPSA) is 41.6 Å². The molecule has 3 nitrogen and oxygen atoms in total. The predicted molar refractivity (Wildman–Crippen MR) is 44.0 cm³/mol. The monoisotopic (exact) mass is 143 g/mol. The Balaban J connectivity index is 2.96. The molecule has 2 aromatic rings. The van der Waals surface area contributed by atoms with E-state index in [1.165, 1.54) is 0 Å². The van der Waals surface area contributed by atoms with E-state index < -0.39 is 0 Å². The largest absolute Gasteiger partial charge is 0.278 e. The zero-order valence-electron chi connectivity index (χ0n) is 6.13. The van der Waals surface area contributed by atoms with Gasteiger partial charge in [-0.05, 0) is 6.92 Å². The number of H-pyrrole nitrogens is 1. The van der Waals surface area contributed by atoms with E-state index in [0.29, 0.717) is 5.46 Å². The quantitative estimate of drug-likeness (QED) is 0.529. The molecule has 4 heteroatoms. The minimum Gasteiger partial charge on any atom is -0.278 e. The number of hydrogen-bond acceptors (Lipinski definition) is 2. The number of fused-ring (bicyclic) bond motifs is 1. The van der Waals surface area contributed by atoms with Gasteiger partial charge in [-0.15, -0.1) is 0 Å². The summed E-state index contributed by atoms with van der Waals surface area (Å²) in [5, 5.41) is 7.68. The Morgan fingerprint density at radius 1 is 1.45 bits per heavy atom. The molecule has 0 aromatic carbocycles. The first kappa shape index (κ1) is 6.40. The van der Waals surface area contributed by atoms with Crippen LogP contribution in [-0.2, 0) is 0 Å². The number of aromatic amines is 1. The molecule has 11 heavy (non-hydrogen) atoms. The van der Waals surface area contributed by atoms with E-state index in [0.717, 1.165) is 16.6 Å². The fraction of sp³-hybridized carbons (Fsp3) is 0.143. The molecular formula is C7H6BN3. The van der Waals surface area contributed by atoms with Crippen LogP contribution in [0, 0.1) is 6.92 Å². The summed E-state index contributed by atoms with van der Waals surface area (Å²) in [5.41, 5.74) is 2.46. The number of aromatic nitrogens is 3. The highest BCUT2D eigenvalue weighted by Gasteiger charge is 2.01. The number of rotatable bonds is 0. The number of hydrogen-bond donors (Lipinski definition) is 1. The van der Waals surface area contributed by atoms with Crippen molar-refractivity contribution in [2.75, 3.05) is 0 Å². The Morgan fingerprint density at radius 3 is 3.00 bits per heavy atom. The van der Waals surface area contributed by atoms with Crippen LogP contribution in [0.5, 0.6) is 0 Å². The van der Waals surface area contributed by atoms with Gasteiger partial charge in [0.2, 0.25) is 0 Å². The molecule has 0 aliphatic rings. The summed E-state index contributed by atoms with van der Waals surface area (Å²) in [6.07, 6.45) is 3.36. The van der Waals surface area contributed by atoms with Gasteiger partial charge < -0.3 is 0 Å². The van der Waals surface area contributed by atoms with Crippen molar-refractivity contribution in [3.8, 4) is 0 Å². The number of aryl methyl sites for hydroxylation is 1. The lowest BCUT2D eigenvalue weighted by molar-refractivity contribution is 1.12. The molecule has 2 radical (unpaired) electrons. The zero-order valence-corrected chi connectivity index (χ0v) is 6.13. The first-order valence-electron chi connectivity index (χ1n) is 3.33. The van der Waals surface area contributed by atoms with E-state index in [9.17, 15) is 0 Å². The van der Waals surface area contributed by atoms with Crippen LogP contribution in [-0.4, -0.2) is 23.0 Å². The highest BCUT2D eigenvalue weighted by Crippen LogP contribution is 2.09. The Labute approximate surface area is 65.2 Å². The molecular weight excluding hydrogens is 137 g/mol. The maximum atomic E-state index is 5.64. The van der Waals surface area contributed by atoms with Gasteiger partial charge in [-0.2, -0.15) is 5.10 Å². The van der Waals surface area contributed by atoms with Gasteiger partial charge in [0, 0.05) is 17.3 Å². The van der Waals surface area contributed by atoms with Gasteiger partial charge in [0.25, 0.3) is 0 Å². The number of nitrogens with one attached hydrogen (secondary N) is 1. The number of pyridine rings is 1. The highest BCUT2D eigenvalue weighted by atomic mass is 15.1. The van der Waals surface area contributed by atoms with Crippen molar-refractivity contribution in [2.24, 2.45) is 0 Å². The second kappa shape index (κ2) is 2.08. The lowest BCUT2D eigenvalue weighted by atomic mass is 9.96. The van der Waals surface area contributed by atoms with E-state index in [-0.39, 0.29) is 0 Å². The predicted octanol–water partition coefficient (Wildman–Crippen LogP) is 0.0601. The van der Waals surface area contributed by atoms with E-state index in [1.807, 2.05) is 6.92 Å². The van der Waals surface area contributed by atoms with E-state index >= 15 is 0 Å². The van der Waals surface area contributed by atoms with Gasteiger partial charge in [0.15, 0.2) is 0 Å².